The van der Waals surface area contributed by atoms with Gasteiger partial charge in [0.25, 0.3) is 0 Å². The number of hydrogen-bond donors (Lipinski definition) is 0. The summed E-state index contributed by atoms with van der Waals surface area (Å²) in [5.74, 6) is 0.825. The molecule has 0 saturated carbocycles. The van der Waals surface area contributed by atoms with Crippen molar-refractivity contribution in [2.75, 3.05) is 19.6 Å². The molecular weight excluding hydrogens is 302 g/mol. The number of fused-ring (bicyclic) bond motifs is 4. The van der Waals surface area contributed by atoms with Crippen molar-refractivity contribution in [3.63, 3.8) is 0 Å². The van der Waals surface area contributed by atoms with E-state index < -0.39 is 0 Å². The fraction of sp³-hybridized carbons (Fsp3) is 0.526. The van der Waals surface area contributed by atoms with Crippen LogP contribution in [-0.2, 0) is 13.1 Å². The molecular formula is C19H25N3S. The fourth-order valence-corrected chi connectivity index (χ4v) is 4.90. The van der Waals surface area contributed by atoms with Crippen LogP contribution in [0, 0.1) is 12.8 Å². The summed E-state index contributed by atoms with van der Waals surface area (Å²) in [5.41, 5.74) is 4.65. The Kier molecular flexibility index (Phi) is 4.47. The predicted octanol–water partition coefficient (Wildman–Crippen LogP) is 3.55. The molecule has 3 fully saturated rings. The van der Waals surface area contributed by atoms with E-state index in [-0.39, 0.29) is 0 Å². The van der Waals surface area contributed by atoms with Crippen LogP contribution in [0.3, 0.4) is 0 Å². The second kappa shape index (κ2) is 6.71. The van der Waals surface area contributed by atoms with Gasteiger partial charge in [0.2, 0.25) is 0 Å². The Bertz CT molecular complexity index is 639. The predicted molar refractivity (Wildman–Crippen MR) is 95.5 cm³/mol. The van der Waals surface area contributed by atoms with Gasteiger partial charge >= 0.3 is 0 Å². The highest BCUT2D eigenvalue weighted by Gasteiger charge is 2.34. The molecule has 3 nitrogen and oxygen atoms in total. The van der Waals surface area contributed by atoms with Gasteiger partial charge in [-0.1, -0.05) is 30.3 Å². The van der Waals surface area contributed by atoms with E-state index in [1.165, 1.54) is 48.6 Å². The van der Waals surface area contributed by atoms with E-state index >= 15 is 0 Å². The SMILES string of the molecule is Cc1ncsc1CN1C[C@H]2CC[C@@H]1CN(Cc1ccccc1)C2. The number of nitrogens with zero attached hydrogens (tertiary/aromatic N) is 3. The molecule has 0 radical (unpaired) electrons. The summed E-state index contributed by atoms with van der Waals surface area (Å²) < 4.78 is 0. The van der Waals surface area contributed by atoms with Gasteiger partial charge in [0.05, 0.1) is 11.2 Å². The van der Waals surface area contributed by atoms with Gasteiger partial charge in [-0.2, -0.15) is 0 Å². The molecule has 0 spiro atoms. The summed E-state index contributed by atoms with van der Waals surface area (Å²) >= 11 is 1.81. The van der Waals surface area contributed by atoms with E-state index in [0.717, 1.165) is 19.0 Å². The minimum Gasteiger partial charge on any atom is -0.297 e. The third kappa shape index (κ3) is 3.49. The van der Waals surface area contributed by atoms with Crippen molar-refractivity contribution in [1.82, 2.24) is 14.8 Å². The average molecular weight is 327 g/mol. The van der Waals surface area contributed by atoms with Gasteiger partial charge in [-0.15, -0.1) is 11.3 Å². The first-order chi connectivity index (χ1) is 11.3. The fourth-order valence-electron chi connectivity index (χ4n) is 4.10. The topological polar surface area (TPSA) is 19.4 Å². The van der Waals surface area contributed by atoms with Crippen LogP contribution in [0.1, 0.15) is 29.0 Å². The van der Waals surface area contributed by atoms with Gasteiger partial charge in [-0.25, -0.2) is 4.98 Å². The summed E-state index contributed by atoms with van der Waals surface area (Å²) in [6.45, 7) is 8.06. The van der Waals surface area contributed by atoms with E-state index in [2.05, 4.69) is 52.0 Å². The Morgan fingerprint density at radius 3 is 2.74 bits per heavy atom. The van der Waals surface area contributed by atoms with Crippen molar-refractivity contribution >= 4 is 11.3 Å². The zero-order valence-electron chi connectivity index (χ0n) is 13.8. The van der Waals surface area contributed by atoms with Gasteiger partial charge in [-0.05, 0) is 31.2 Å². The monoisotopic (exact) mass is 327 g/mol. The summed E-state index contributed by atoms with van der Waals surface area (Å²) in [6, 6.07) is 11.6. The van der Waals surface area contributed by atoms with Gasteiger partial charge in [-0.3, -0.25) is 9.80 Å². The van der Waals surface area contributed by atoms with Crippen molar-refractivity contribution in [3.8, 4) is 0 Å². The van der Waals surface area contributed by atoms with Crippen molar-refractivity contribution in [2.24, 2.45) is 5.92 Å². The van der Waals surface area contributed by atoms with E-state index in [0.29, 0.717) is 6.04 Å². The Hall–Kier alpha value is -1.23. The van der Waals surface area contributed by atoms with Crippen LogP contribution in [0.4, 0.5) is 0 Å². The van der Waals surface area contributed by atoms with E-state index in [1.54, 1.807) is 0 Å². The molecule has 2 bridgehead atoms. The minimum atomic E-state index is 0.707. The number of piperidine rings is 1. The highest BCUT2D eigenvalue weighted by Crippen LogP contribution is 2.30. The second-order valence-corrected chi connectivity index (χ2v) is 8.01. The molecule has 5 rings (SSSR count). The quantitative estimate of drug-likeness (QED) is 0.856. The lowest BCUT2D eigenvalue weighted by Crippen LogP contribution is -2.43. The standard InChI is InChI=1S/C19H25N3S/c1-15-19(23-14-20-15)13-22-11-17-7-8-18(22)12-21(10-17)9-16-5-3-2-4-6-16/h2-6,14,17-18H,7-13H2,1H3/t17-,18+/m0/s1. The Morgan fingerprint density at radius 2 is 1.96 bits per heavy atom. The first kappa shape index (κ1) is 15.3. The first-order valence-electron chi connectivity index (χ1n) is 8.67. The summed E-state index contributed by atoms with van der Waals surface area (Å²) in [7, 11) is 0. The van der Waals surface area contributed by atoms with E-state index in [1.807, 2.05) is 16.8 Å². The molecule has 122 valence electrons. The molecule has 2 atom stereocenters. The van der Waals surface area contributed by atoms with Crippen molar-refractivity contribution < 1.29 is 0 Å². The van der Waals surface area contributed by atoms with Gasteiger partial charge in [0.1, 0.15) is 0 Å². The molecule has 23 heavy (non-hydrogen) atoms. The lowest BCUT2D eigenvalue weighted by Gasteiger charge is -2.36. The molecule has 0 amide bonds. The smallest absolute Gasteiger partial charge is 0.0798 e. The molecule has 0 unspecified atom stereocenters. The Labute approximate surface area is 143 Å². The molecule has 0 N–H and O–H groups in total. The zero-order valence-corrected chi connectivity index (χ0v) is 14.6. The van der Waals surface area contributed by atoms with Crippen molar-refractivity contribution in [1.29, 1.82) is 0 Å². The van der Waals surface area contributed by atoms with Crippen LogP contribution >= 0.6 is 11.3 Å². The normalized spacial score (nSPS) is 25.6. The number of aromatic nitrogens is 1. The van der Waals surface area contributed by atoms with Gasteiger partial charge in [0.15, 0.2) is 0 Å². The largest absolute Gasteiger partial charge is 0.297 e. The minimum absolute atomic E-state index is 0.707. The average Bonchev–Trinajstić information content (AvgIpc) is 2.78. The number of aryl methyl sites for hydroxylation is 1. The maximum Gasteiger partial charge on any atom is 0.0798 e. The lowest BCUT2D eigenvalue weighted by atomic mass is 9.95. The molecule has 4 heterocycles. The highest BCUT2D eigenvalue weighted by molar-refractivity contribution is 7.09. The van der Waals surface area contributed by atoms with Crippen LogP contribution in [0.15, 0.2) is 35.8 Å². The zero-order chi connectivity index (χ0) is 15.6. The van der Waals surface area contributed by atoms with E-state index in [9.17, 15) is 0 Å². The number of rotatable bonds is 4. The molecule has 3 aliphatic rings. The molecule has 1 aromatic carbocycles. The van der Waals surface area contributed by atoms with Crippen LogP contribution < -0.4 is 0 Å². The highest BCUT2D eigenvalue weighted by atomic mass is 32.1. The number of thiazole rings is 1. The van der Waals surface area contributed by atoms with Crippen LogP contribution in [-0.4, -0.2) is 40.5 Å². The molecule has 4 heteroatoms. The first-order valence-corrected chi connectivity index (χ1v) is 9.55. The van der Waals surface area contributed by atoms with Gasteiger partial charge < -0.3 is 0 Å². The summed E-state index contributed by atoms with van der Waals surface area (Å²) in [5, 5.41) is 0. The molecule has 2 aromatic rings. The van der Waals surface area contributed by atoms with Crippen LogP contribution in [0.5, 0.6) is 0 Å². The van der Waals surface area contributed by atoms with Crippen molar-refractivity contribution in [3.05, 3.63) is 52.0 Å². The third-order valence-corrected chi connectivity index (χ3v) is 6.26. The Balaban J connectivity index is 1.45. The molecule has 3 saturated heterocycles. The molecule has 1 aromatic heterocycles. The number of benzene rings is 1. The lowest BCUT2D eigenvalue weighted by molar-refractivity contribution is 0.124. The van der Waals surface area contributed by atoms with Crippen LogP contribution in [0.25, 0.3) is 0 Å². The van der Waals surface area contributed by atoms with Crippen LogP contribution in [0.2, 0.25) is 0 Å². The second-order valence-electron chi connectivity index (χ2n) is 7.07. The maximum absolute atomic E-state index is 4.42. The summed E-state index contributed by atoms with van der Waals surface area (Å²) in [4.78, 5) is 11.3. The third-order valence-electron chi connectivity index (χ3n) is 5.34. The maximum atomic E-state index is 4.42. The van der Waals surface area contributed by atoms with E-state index in [4.69, 9.17) is 0 Å². The Morgan fingerprint density at radius 1 is 1.09 bits per heavy atom. The summed E-state index contributed by atoms with van der Waals surface area (Å²) in [6.07, 6.45) is 2.75. The molecule has 0 aliphatic carbocycles. The number of hydrogen-bond acceptors (Lipinski definition) is 4. The van der Waals surface area contributed by atoms with Crippen molar-refractivity contribution in [2.45, 2.75) is 38.9 Å². The molecule has 3 aliphatic heterocycles. The van der Waals surface area contributed by atoms with Gasteiger partial charge in [0, 0.05) is 43.6 Å².